The van der Waals surface area contributed by atoms with Crippen molar-refractivity contribution in [1.82, 2.24) is 0 Å². The number of carboxylic acids is 1. The SMILES string of the molecule is CC(=O)[O-].CC(C)c1ccc2c(c1)CC[C@H]1[C@](C)(CN)CCC[C@]21C. The monoisotopic (exact) mass is 344 g/mol. The Morgan fingerprint density at radius 1 is 1.32 bits per heavy atom. The number of carbonyl (C=O) groups excluding carboxylic acids is 1. The highest BCUT2D eigenvalue weighted by molar-refractivity contribution is 5.60. The smallest absolute Gasteiger partial charge is 0.0383 e. The number of benzene rings is 1. The Bertz CT molecular complexity index is 620. The number of carbonyl (C=O) groups is 1. The molecule has 140 valence electrons. The second kappa shape index (κ2) is 7.49. The summed E-state index contributed by atoms with van der Waals surface area (Å²) >= 11 is 0. The summed E-state index contributed by atoms with van der Waals surface area (Å²) in [6, 6.07) is 7.29. The second-order valence-electron chi connectivity index (χ2n) is 8.78. The Hall–Kier alpha value is -1.35. The Morgan fingerprint density at radius 2 is 1.96 bits per heavy atom. The van der Waals surface area contributed by atoms with Crippen LogP contribution in [0, 0.1) is 11.3 Å². The lowest BCUT2D eigenvalue weighted by Crippen LogP contribution is -2.51. The van der Waals surface area contributed by atoms with Gasteiger partial charge in [0.25, 0.3) is 0 Å². The van der Waals surface area contributed by atoms with Gasteiger partial charge >= 0.3 is 0 Å². The van der Waals surface area contributed by atoms with Gasteiger partial charge in [-0.15, -0.1) is 0 Å². The van der Waals surface area contributed by atoms with Crippen LogP contribution in [0.4, 0.5) is 0 Å². The van der Waals surface area contributed by atoms with Crippen molar-refractivity contribution in [1.29, 1.82) is 0 Å². The van der Waals surface area contributed by atoms with Gasteiger partial charge in [-0.3, -0.25) is 0 Å². The van der Waals surface area contributed by atoms with Crippen molar-refractivity contribution in [2.24, 2.45) is 17.1 Å². The first-order valence-electron chi connectivity index (χ1n) is 9.65. The van der Waals surface area contributed by atoms with E-state index in [1.54, 1.807) is 11.1 Å². The summed E-state index contributed by atoms with van der Waals surface area (Å²) in [5, 5.41) is 8.89. The number of nitrogens with two attached hydrogens (primary N) is 1. The number of aryl methyl sites for hydroxylation is 1. The molecule has 1 aromatic carbocycles. The lowest BCUT2D eigenvalue weighted by Gasteiger charge is -2.55. The van der Waals surface area contributed by atoms with E-state index in [-0.39, 0.29) is 0 Å². The van der Waals surface area contributed by atoms with Crippen molar-refractivity contribution in [2.75, 3.05) is 6.54 Å². The van der Waals surface area contributed by atoms with Crippen molar-refractivity contribution in [3.63, 3.8) is 0 Å². The molecule has 2 aliphatic rings. The van der Waals surface area contributed by atoms with Crippen LogP contribution in [0.5, 0.6) is 0 Å². The van der Waals surface area contributed by atoms with Crippen LogP contribution in [0.2, 0.25) is 0 Å². The third-order valence-corrected chi connectivity index (χ3v) is 6.63. The Kier molecular flexibility index (Phi) is 5.98. The van der Waals surface area contributed by atoms with Gasteiger partial charge < -0.3 is 15.6 Å². The summed E-state index contributed by atoms with van der Waals surface area (Å²) < 4.78 is 0. The molecular weight excluding hydrogens is 310 g/mol. The molecule has 3 rings (SSSR count). The lowest BCUT2D eigenvalue weighted by molar-refractivity contribution is -0.302. The van der Waals surface area contributed by atoms with Gasteiger partial charge in [0.2, 0.25) is 0 Å². The normalized spacial score (nSPS) is 30.8. The molecule has 2 N–H and O–H groups in total. The maximum Gasteiger partial charge on any atom is 0.0383 e. The lowest BCUT2D eigenvalue weighted by atomic mass is 9.50. The Labute approximate surface area is 153 Å². The summed E-state index contributed by atoms with van der Waals surface area (Å²) in [5.41, 5.74) is 11.6. The molecule has 3 nitrogen and oxygen atoms in total. The van der Waals surface area contributed by atoms with Crippen LogP contribution in [0.15, 0.2) is 18.2 Å². The molecule has 0 saturated heterocycles. The molecule has 25 heavy (non-hydrogen) atoms. The average Bonchev–Trinajstić information content (AvgIpc) is 2.53. The van der Waals surface area contributed by atoms with Crippen molar-refractivity contribution < 1.29 is 9.90 Å². The molecule has 0 aromatic heterocycles. The zero-order chi connectivity index (χ0) is 18.8. The van der Waals surface area contributed by atoms with Gasteiger partial charge in [-0.1, -0.05) is 52.3 Å². The molecule has 0 amide bonds. The molecule has 1 fully saturated rings. The molecule has 1 aromatic rings. The molecular formula is C22H34NO2-. The van der Waals surface area contributed by atoms with E-state index in [0.29, 0.717) is 16.7 Å². The molecule has 0 spiro atoms. The quantitative estimate of drug-likeness (QED) is 0.892. The van der Waals surface area contributed by atoms with Crippen molar-refractivity contribution >= 4 is 5.97 Å². The number of rotatable bonds is 2. The van der Waals surface area contributed by atoms with Gasteiger partial charge in [-0.25, -0.2) is 0 Å². The largest absolute Gasteiger partial charge is 0.550 e. The standard InChI is InChI=1S/C20H31N.C2H4O2/c1-14(2)15-6-8-17-16(12-15)7-9-18-19(3,13-21)10-5-11-20(17,18)4;1-2(3)4/h6,8,12,14,18H,5,7,9-11,13,21H2,1-4H3;1H3,(H,3,4)/p-1/t18-,19-,20+;/m0./s1. The predicted molar refractivity (Wildman–Crippen MR) is 101 cm³/mol. The average molecular weight is 345 g/mol. The highest BCUT2D eigenvalue weighted by atomic mass is 16.4. The van der Waals surface area contributed by atoms with Gasteiger partial charge in [0.05, 0.1) is 0 Å². The zero-order valence-electron chi connectivity index (χ0n) is 16.5. The predicted octanol–water partition coefficient (Wildman–Crippen LogP) is 3.54. The van der Waals surface area contributed by atoms with Gasteiger partial charge in [-0.05, 0) is 78.5 Å². The fourth-order valence-electron chi connectivity index (χ4n) is 5.25. The topological polar surface area (TPSA) is 66.1 Å². The fourth-order valence-corrected chi connectivity index (χ4v) is 5.25. The van der Waals surface area contributed by atoms with Gasteiger partial charge in [0, 0.05) is 5.97 Å². The van der Waals surface area contributed by atoms with Gasteiger partial charge in [-0.2, -0.15) is 0 Å². The number of fused-ring (bicyclic) bond motifs is 3. The van der Waals surface area contributed by atoms with Crippen LogP contribution in [0.25, 0.3) is 0 Å². The molecule has 0 heterocycles. The minimum Gasteiger partial charge on any atom is -0.550 e. The second-order valence-corrected chi connectivity index (χ2v) is 8.78. The first kappa shape index (κ1) is 20.0. The molecule has 0 unspecified atom stereocenters. The highest BCUT2D eigenvalue weighted by Crippen LogP contribution is 2.56. The maximum atomic E-state index is 8.89. The minimum atomic E-state index is -1.08. The highest BCUT2D eigenvalue weighted by Gasteiger charge is 2.50. The third kappa shape index (κ3) is 3.92. The summed E-state index contributed by atoms with van der Waals surface area (Å²) in [6.07, 6.45) is 6.53. The van der Waals surface area contributed by atoms with Crippen LogP contribution < -0.4 is 10.8 Å². The maximum absolute atomic E-state index is 8.89. The summed E-state index contributed by atoms with van der Waals surface area (Å²) in [4.78, 5) is 8.89. The van der Waals surface area contributed by atoms with E-state index in [0.717, 1.165) is 19.4 Å². The summed E-state index contributed by atoms with van der Waals surface area (Å²) in [5.74, 6) is 0.294. The van der Waals surface area contributed by atoms with Gasteiger partial charge in [0.1, 0.15) is 0 Å². The molecule has 0 radical (unpaired) electrons. The zero-order valence-corrected chi connectivity index (χ0v) is 16.5. The molecule has 1 saturated carbocycles. The molecule has 0 aliphatic heterocycles. The molecule has 3 atom stereocenters. The number of hydrogen-bond donors (Lipinski definition) is 1. The molecule has 2 aliphatic carbocycles. The van der Waals surface area contributed by atoms with Crippen molar-refractivity contribution in [3.05, 3.63) is 34.9 Å². The van der Waals surface area contributed by atoms with Crippen molar-refractivity contribution in [3.8, 4) is 0 Å². The van der Waals surface area contributed by atoms with Crippen LogP contribution in [0.1, 0.15) is 82.9 Å². The van der Waals surface area contributed by atoms with E-state index in [1.165, 1.54) is 37.7 Å². The van der Waals surface area contributed by atoms with E-state index in [2.05, 4.69) is 45.9 Å². The number of aliphatic carboxylic acids is 1. The van der Waals surface area contributed by atoms with E-state index < -0.39 is 5.97 Å². The molecule has 0 bridgehead atoms. The Balaban J connectivity index is 0.000000511. The first-order chi connectivity index (χ1) is 11.6. The fraction of sp³-hybridized carbons (Fsp3) is 0.682. The van der Waals surface area contributed by atoms with Crippen LogP contribution in [-0.2, 0) is 16.6 Å². The number of hydrogen-bond acceptors (Lipinski definition) is 3. The third-order valence-electron chi connectivity index (χ3n) is 6.63. The summed E-state index contributed by atoms with van der Waals surface area (Å²) in [7, 11) is 0. The van der Waals surface area contributed by atoms with Crippen LogP contribution >= 0.6 is 0 Å². The first-order valence-corrected chi connectivity index (χ1v) is 9.65. The van der Waals surface area contributed by atoms with Crippen LogP contribution in [-0.4, -0.2) is 12.5 Å². The Morgan fingerprint density at radius 3 is 2.52 bits per heavy atom. The van der Waals surface area contributed by atoms with Crippen LogP contribution in [0.3, 0.4) is 0 Å². The van der Waals surface area contributed by atoms with E-state index in [4.69, 9.17) is 15.6 Å². The van der Waals surface area contributed by atoms with E-state index in [9.17, 15) is 0 Å². The molecule has 3 heteroatoms. The number of carboxylic acid groups (broad SMARTS) is 1. The minimum absolute atomic E-state index is 0.335. The van der Waals surface area contributed by atoms with Gasteiger partial charge in [0.15, 0.2) is 0 Å². The van der Waals surface area contributed by atoms with E-state index in [1.807, 2.05) is 0 Å². The summed E-state index contributed by atoms with van der Waals surface area (Å²) in [6.45, 7) is 11.3. The van der Waals surface area contributed by atoms with Crippen molar-refractivity contribution in [2.45, 2.75) is 78.1 Å². The van der Waals surface area contributed by atoms with E-state index >= 15 is 0 Å².